The highest BCUT2D eigenvalue weighted by atomic mass is 32.1. The van der Waals surface area contributed by atoms with Gasteiger partial charge in [0.25, 0.3) is 0 Å². The molecule has 1 saturated heterocycles. The van der Waals surface area contributed by atoms with Crippen LogP contribution in [0.1, 0.15) is 42.0 Å². The van der Waals surface area contributed by atoms with Crippen molar-refractivity contribution in [2.24, 2.45) is 5.92 Å². The third kappa shape index (κ3) is 6.61. The number of piperidine rings is 1. The zero-order chi connectivity index (χ0) is 24.6. The number of hydrogen-bond donors (Lipinski definition) is 0. The summed E-state index contributed by atoms with van der Waals surface area (Å²) < 4.78 is 10.2. The highest BCUT2D eigenvalue weighted by molar-refractivity contribution is 7.09. The lowest BCUT2D eigenvalue weighted by molar-refractivity contribution is -0.132. The Balaban J connectivity index is 1.16. The fourth-order valence-electron chi connectivity index (χ4n) is 4.78. The summed E-state index contributed by atoms with van der Waals surface area (Å²) in [6.07, 6.45) is 6.06. The molecule has 0 spiro atoms. The van der Waals surface area contributed by atoms with E-state index in [4.69, 9.17) is 9.40 Å². The van der Waals surface area contributed by atoms with E-state index < -0.39 is 0 Å². The molecular formula is C29H32N4O2S. The van der Waals surface area contributed by atoms with Gasteiger partial charge in [-0.3, -0.25) is 4.79 Å². The van der Waals surface area contributed by atoms with E-state index in [1.54, 1.807) is 6.26 Å². The van der Waals surface area contributed by atoms with Crippen LogP contribution in [0.15, 0.2) is 83.5 Å². The summed E-state index contributed by atoms with van der Waals surface area (Å²) in [6.45, 7) is 2.84. The summed E-state index contributed by atoms with van der Waals surface area (Å²) >= 11 is 1.39. The summed E-state index contributed by atoms with van der Waals surface area (Å²) in [7, 11) is 0. The molecule has 4 aromatic rings. The lowest BCUT2D eigenvalue weighted by atomic mass is 9.90. The Bertz CT molecular complexity index is 1200. The van der Waals surface area contributed by atoms with Gasteiger partial charge < -0.3 is 14.2 Å². The van der Waals surface area contributed by atoms with Crippen molar-refractivity contribution in [2.45, 2.75) is 38.6 Å². The maximum Gasteiger partial charge on any atom is 0.224 e. The molecule has 0 atom stereocenters. The molecule has 36 heavy (non-hydrogen) atoms. The van der Waals surface area contributed by atoms with Crippen LogP contribution in [-0.4, -0.2) is 39.8 Å². The van der Waals surface area contributed by atoms with Crippen molar-refractivity contribution in [2.75, 3.05) is 24.5 Å². The lowest BCUT2D eigenvalue weighted by Crippen LogP contribution is -2.40. The summed E-state index contributed by atoms with van der Waals surface area (Å²) in [6, 6.07) is 24.8. The van der Waals surface area contributed by atoms with E-state index in [1.807, 2.05) is 35.2 Å². The van der Waals surface area contributed by atoms with E-state index in [9.17, 15) is 4.79 Å². The molecule has 1 amide bonds. The molecular weight excluding hydrogens is 468 g/mol. The van der Waals surface area contributed by atoms with Crippen LogP contribution in [0.2, 0.25) is 0 Å². The molecule has 5 rings (SSSR count). The highest BCUT2D eigenvalue weighted by Crippen LogP contribution is 2.24. The molecule has 1 fully saturated rings. The summed E-state index contributed by atoms with van der Waals surface area (Å²) in [5, 5.41) is 0.826. The van der Waals surface area contributed by atoms with Gasteiger partial charge in [0.2, 0.25) is 11.0 Å². The number of benzene rings is 2. The Morgan fingerprint density at radius 3 is 2.39 bits per heavy atom. The van der Waals surface area contributed by atoms with Crippen LogP contribution in [0, 0.1) is 5.92 Å². The Kier molecular flexibility index (Phi) is 8.08. The topological polar surface area (TPSA) is 62.5 Å². The van der Waals surface area contributed by atoms with Crippen LogP contribution in [0.4, 0.5) is 5.13 Å². The smallest absolute Gasteiger partial charge is 0.224 e. The molecule has 0 unspecified atom stereocenters. The fraction of sp³-hybridized carbons (Fsp3) is 0.345. The van der Waals surface area contributed by atoms with Crippen molar-refractivity contribution >= 4 is 22.6 Å². The summed E-state index contributed by atoms with van der Waals surface area (Å²) in [5.74, 6) is 2.52. The largest absolute Gasteiger partial charge is 0.467 e. The van der Waals surface area contributed by atoms with Crippen LogP contribution in [0.5, 0.6) is 0 Å². The molecule has 2 aromatic heterocycles. The number of aromatic nitrogens is 2. The number of carbonyl (C=O) groups excluding carboxylic acids is 1. The van der Waals surface area contributed by atoms with Gasteiger partial charge in [0.05, 0.1) is 12.8 Å². The molecule has 2 aromatic carbocycles. The zero-order valence-corrected chi connectivity index (χ0v) is 21.3. The fourth-order valence-corrected chi connectivity index (χ4v) is 5.49. The van der Waals surface area contributed by atoms with Crippen molar-refractivity contribution in [3.8, 4) is 0 Å². The first-order valence-electron chi connectivity index (χ1n) is 12.7. The Hall–Kier alpha value is -3.45. The second kappa shape index (κ2) is 12.0. The monoisotopic (exact) mass is 500 g/mol. The van der Waals surface area contributed by atoms with Crippen molar-refractivity contribution in [3.63, 3.8) is 0 Å². The molecule has 0 N–H and O–H groups in total. The van der Waals surface area contributed by atoms with Gasteiger partial charge in [0.15, 0.2) is 0 Å². The molecule has 0 bridgehead atoms. The van der Waals surface area contributed by atoms with Crippen molar-refractivity contribution in [1.82, 2.24) is 14.3 Å². The average Bonchev–Trinajstić information content (AvgIpc) is 3.60. The van der Waals surface area contributed by atoms with Crippen molar-refractivity contribution in [1.29, 1.82) is 0 Å². The minimum Gasteiger partial charge on any atom is -0.467 e. The Morgan fingerprint density at radius 2 is 1.69 bits per heavy atom. The Labute approximate surface area is 216 Å². The maximum absolute atomic E-state index is 13.1. The molecule has 1 aliphatic rings. The standard InChI is InChI=1S/C29H32N4O2S/c34-28(32-16-13-25(14-17-32)20-23-8-3-1-4-9-23)15-18-33(22-26-12-7-19-35-26)29-30-27(31-36-29)21-24-10-5-2-6-11-24/h1-12,19,25H,13-18,20-22H2. The highest BCUT2D eigenvalue weighted by Gasteiger charge is 2.24. The molecule has 6 nitrogen and oxygen atoms in total. The van der Waals surface area contributed by atoms with Crippen LogP contribution in [0.25, 0.3) is 0 Å². The lowest BCUT2D eigenvalue weighted by Gasteiger charge is -2.32. The summed E-state index contributed by atoms with van der Waals surface area (Å²) in [5.41, 5.74) is 2.57. The predicted octanol–water partition coefficient (Wildman–Crippen LogP) is 5.60. The van der Waals surface area contributed by atoms with E-state index in [2.05, 4.69) is 51.7 Å². The normalized spacial score (nSPS) is 14.2. The third-order valence-corrected chi connectivity index (χ3v) is 7.60. The average molecular weight is 501 g/mol. The van der Waals surface area contributed by atoms with E-state index in [0.29, 0.717) is 31.8 Å². The van der Waals surface area contributed by atoms with Gasteiger partial charge in [-0.1, -0.05) is 60.7 Å². The van der Waals surface area contributed by atoms with Gasteiger partial charge in [-0.25, -0.2) is 4.98 Å². The molecule has 0 radical (unpaired) electrons. The van der Waals surface area contributed by atoms with Crippen LogP contribution in [-0.2, 0) is 24.2 Å². The first-order chi connectivity index (χ1) is 17.7. The number of rotatable bonds is 10. The molecule has 0 aliphatic carbocycles. The van der Waals surface area contributed by atoms with Gasteiger partial charge in [-0.05, 0) is 48.4 Å². The third-order valence-electron chi connectivity index (χ3n) is 6.79. The Morgan fingerprint density at radius 1 is 0.972 bits per heavy atom. The molecule has 1 aliphatic heterocycles. The quantitative estimate of drug-likeness (QED) is 0.284. The van der Waals surface area contributed by atoms with Gasteiger partial charge in [-0.2, -0.15) is 4.37 Å². The predicted molar refractivity (Wildman–Crippen MR) is 143 cm³/mol. The number of nitrogens with zero attached hydrogens (tertiary/aromatic N) is 4. The van der Waals surface area contributed by atoms with E-state index in [0.717, 1.165) is 49.1 Å². The zero-order valence-electron chi connectivity index (χ0n) is 20.5. The van der Waals surface area contributed by atoms with Crippen LogP contribution >= 0.6 is 11.5 Å². The van der Waals surface area contributed by atoms with Crippen LogP contribution in [0.3, 0.4) is 0 Å². The molecule has 0 saturated carbocycles. The first-order valence-corrected chi connectivity index (χ1v) is 13.5. The van der Waals surface area contributed by atoms with Crippen molar-refractivity contribution < 1.29 is 9.21 Å². The van der Waals surface area contributed by atoms with Gasteiger partial charge in [0, 0.05) is 44.0 Å². The number of hydrogen-bond acceptors (Lipinski definition) is 6. The van der Waals surface area contributed by atoms with E-state index in [-0.39, 0.29) is 5.91 Å². The van der Waals surface area contributed by atoms with E-state index in [1.165, 1.54) is 22.7 Å². The number of likely N-dealkylation sites (tertiary alicyclic amines) is 1. The van der Waals surface area contributed by atoms with Crippen molar-refractivity contribution in [3.05, 3.63) is 102 Å². The van der Waals surface area contributed by atoms with Gasteiger partial charge in [-0.15, -0.1) is 0 Å². The second-order valence-electron chi connectivity index (χ2n) is 9.42. The number of carbonyl (C=O) groups is 1. The number of furan rings is 1. The first kappa shape index (κ1) is 24.3. The molecule has 3 heterocycles. The van der Waals surface area contributed by atoms with Crippen LogP contribution < -0.4 is 4.90 Å². The minimum atomic E-state index is 0.214. The second-order valence-corrected chi connectivity index (χ2v) is 10.2. The molecule has 186 valence electrons. The SMILES string of the molecule is O=C(CCN(Cc1ccco1)c1nc(Cc2ccccc2)ns1)N1CCC(Cc2ccccc2)CC1. The molecule has 7 heteroatoms. The van der Waals surface area contributed by atoms with E-state index >= 15 is 0 Å². The van der Waals surface area contributed by atoms with Gasteiger partial charge in [0.1, 0.15) is 11.6 Å². The number of anilines is 1. The maximum atomic E-state index is 13.1. The number of amides is 1. The summed E-state index contributed by atoms with van der Waals surface area (Å²) in [4.78, 5) is 22.0. The minimum absolute atomic E-state index is 0.214. The van der Waals surface area contributed by atoms with Gasteiger partial charge >= 0.3 is 0 Å².